The molecule has 4 unspecified atom stereocenters. The van der Waals surface area contributed by atoms with Gasteiger partial charge < -0.3 is 9.47 Å². The number of allylic oxidation sites excluding steroid dienone is 1. The Morgan fingerprint density at radius 3 is 2.19 bits per heavy atom. The molecule has 264 valence electrons. The highest BCUT2D eigenvalue weighted by atomic mass is 16.5. The third-order valence-corrected chi connectivity index (χ3v) is 15.4. The number of esters is 2. The highest BCUT2D eigenvalue weighted by Gasteiger charge is 2.72. The first-order valence-corrected chi connectivity index (χ1v) is 18.4. The SMILES string of the molecule is C=CCOC(=O)CC(C)(C)CC(=O)O[C@H]1CC[C@@]2(C)C(CC[C@]3(C)C2CC[C@@H]2C4C(C(=C)C)CC[C@]4(C(=O)NO)CC[C@]23C)C1(C)C. The molecule has 0 radical (unpaired) electrons. The Morgan fingerprint density at radius 1 is 0.872 bits per heavy atom. The summed E-state index contributed by atoms with van der Waals surface area (Å²) in [5.74, 6) is 1.19. The third kappa shape index (κ3) is 5.62. The molecule has 0 spiro atoms. The van der Waals surface area contributed by atoms with Crippen LogP contribution in [0.1, 0.15) is 132 Å². The summed E-state index contributed by atoms with van der Waals surface area (Å²) >= 11 is 0. The molecule has 2 N–H and O–H groups in total. The second-order valence-corrected chi connectivity index (χ2v) is 18.6. The van der Waals surface area contributed by atoms with E-state index in [0.29, 0.717) is 23.7 Å². The zero-order valence-corrected chi connectivity index (χ0v) is 30.6. The number of ether oxygens (including phenoxy) is 2. The van der Waals surface area contributed by atoms with E-state index in [1.54, 1.807) is 6.08 Å². The Balaban J connectivity index is 1.35. The van der Waals surface area contributed by atoms with Gasteiger partial charge in [-0.05, 0) is 122 Å². The van der Waals surface area contributed by atoms with Crippen molar-refractivity contribution in [2.24, 2.45) is 62.1 Å². The number of hydrogen-bond acceptors (Lipinski definition) is 6. The largest absolute Gasteiger partial charge is 0.462 e. The summed E-state index contributed by atoms with van der Waals surface area (Å²) in [5, 5.41) is 9.88. The minimum Gasteiger partial charge on any atom is -0.462 e. The average molecular weight is 654 g/mol. The standard InChI is InChI=1S/C40H63NO6/c1-11-22-46-31(42)23-35(4,5)24-32(43)47-30-16-17-37(8)28(36(30,6)7)15-18-39(10)29(37)13-12-27-33-26(25(2)3)14-19-40(33,34(44)41-45)21-20-38(27,39)9/h11,26-30,33,45H,1-2,12-24H2,3-10H3,(H,41,44)/t26?,27-,28?,29?,30+,33?,37+,38-,39-,40+/m1/s1. The zero-order valence-electron chi connectivity index (χ0n) is 30.6. The maximum Gasteiger partial charge on any atom is 0.306 e. The minimum atomic E-state index is -0.554. The van der Waals surface area contributed by atoms with E-state index in [9.17, 15) is 19.6 Å². The molecule has 0 bridgehead atoms. The first-order chi connectivity index (χ1) is 21.8. The Hall–Kier alpha value is -2.15. The van der Waals surface area contributed by atoms with E-state index in [2.05, 4.69) is 60.2 Å². The Labute approximate surface area is 284 Å². The smallest absolute Gasteiger partial charge is 0.306 e. The molecule has 7 heteroatoms. The van der Waals surface area contributed by atoms with Gasteiger partial charge in [-0.3, -0.25) is 19.6 Å². The number of amides is 1. The molecular weight excluding hydrogens is 590 g/mol. The van der Waals surface area contributed by atoms with E-state index < -0.39 is 10.8 Å². The van der Waals surface area contributed by atoms with E-state index in [1.165, 1.54) is 5.57 Å². The topological polar surface area (TPSA) is 102 Å². The van der Waals surface area contributed by atoms with E-state index in [-0.39, 0.29) is 71.0 Å². The molecule has 5 aliphatic rings. The fraction of sp³-hybridized carbons (Fsp3) is 0.825. The Morgan fingerprint density at radius 2 is 1.55 bits per heavy atom. The van der Waals surface area contributed by atoms with Crippen molar-refractivity contribution in [2.75, 3.05) is 6.61 Å². The van der Waals surface area contributed by atoms with Crippen LogP contribution in [-0.4, -0.2) is 35.8 Å². The van der Waals surface area contributed by atoms with Crippen molar-refractivity contribution in [3.05, 3.63) is 24.8 Å². The van der Waals surface area contributed by atoms with Gasteiger partial charge in [-0.15, -0.1) is 0 Å². The highest BCUT2D eigenvalue weighted by molar-refractivity contribution is 5.82. The molecule has 10 atom stereocenters. The molecule has 5 rings (SSSR count). The van der Waals surface area contributed by atoms with Crippen molar-refractivity contribution in [1.29, 1.82) is 0 Å². The van der Waals surface area contributed by atoms with Crippen LogP contribution in [0, 0.1) is 62.1 Å². The average Bonchev–Trinajstić information content (AvgIpc) is 3.38. The molecule has 5 fully saturated rings. The lowest BCUT2D eigenvalue weighted by molar-refractivity contribution is -0.249. The molecule has 47 heavy (non-hydrogen) atoms. The zero-order chi connectivity index (χ0) is 34.8. The molecular formula is C40H63NO6. The van der Waals surface area contributed by atoms with Gasteiger partial charge in [0.2, 0.25) is 5.91 Å². The molecule has 0 heterocycles. The summed E-state index contributed by atoms with van der Waals surface area (Å²) in [7, 11) is 0. The second-order valence-electron chi connectivity index (χ2n) is 18.6. The normalized spacial score (nSPS) is 42.1. The van der Waals surface area contributed by atoms with Crippen LogP contribution in [0.25, 0.3) is 0 Å². The van der Waals surface area contributed by atoms with Gasteiger partial charge in [0.15, 0.2) is 0 Å². The van der Waals surface area contributed by atoms with E-state index in [4.69, 9.17) is 9.47 Å². The molecule has 5 aliphatic carbocycles. The van der Waals surface area contributed by atoms with Crippen molar-refractivity contribution in [3.8, 4) is 0 Å². The number of hydroxylamine groups is 1. The molecule has 0 aromatic rings. The number of rotatable bonds is 9. The van der Waals surface area contributed by atoms with Gasteiger partial charge in [0.05, 0.1) is 18.3 Å². The van der Waals surface area contributed by atoms with Crippen molar-refractivity contribution in [3.63, 3.8) is 0 Å². The monoisotopic (exact) mass is 653 g/mol. The molecule has 0 aromatic carbocycles. The van der Waals surface area contributed by atoms with Gasteiger partial charge in [0.1, 0.15) is 12.7 Å². The van der Waals surface area contributed by atoms with Crippen LogP contribution in [0.5, 0.6) is 0 Å². The van der Waals surface area contributed by atoms with Crippen molar-refractivity contribution >= 4 is 17.8 Å². The summed E-state index contributed by atoms with van der Waals surface area (Å²) in [6, 6.07) is 0. The molecule has 5 saturated carbocycles. The third-order valence-electron chi connectivity index (χ3n) is 15.4. The van der Waals surface area contributed by atoms with Gasteiger partial charge in [-0.25, -0.2) is 5.48 Å². The van der Waals surface area contributed by atoms with Crippen molar-refractivity contribution in [2.45, 2.75) is 139 Å². The summed E-state index contributed by atoms with van der Waals surface area (Å²) in [5.41, 5.74) is 2.40. The number of hydrogen-bond donors (Lipinski definition) is 2. The van der Waals surface area contributed by atoms with Crippen LogP contribution in [0.4, 0.5) is 0 Å². The minimum absolute atomic E-state index is 0.0949. The number of carbonyl (C=O) groups is 3. The van der Waals surface area contributed by atoms with Crippen LogP contribution < -0.4 is 5.48 Å². The molecule has 0 aliphatic heterocycles. The molecule has 0 saturated heterocycles. The lowest BCUT2D eigenvalue weighted by atomic mass is 9.32. The number of carbonyl (C=O) groups excluding carboxylic acids is 3. The fourth-order valence-corrected chi connectivity index (χ4v) is 13.1. The first kappa shape index (κ1) is 36.1. The van der Waals surface area contributed by atoms with Gasteiger partial charge in [-0.2, -0.15) is 0 Å². The lowest BCUT2D eigenvalue weighted by Crippen LogP contribution is -2.67. The van der Waals surface area contributed by atoms with Crippen molar-refractivity contribution < 1.29 is 29.1 Å². The maximum absolute atomic E-state index is 13.4. The highest BCUT2D eigenvalue weighted by Crippen LogP contribution is 2.77. The first-order valence-electron chi connectivity index (χ1n) is 18.4. The second kappa shape index (κ2) is 12.3. The van der Waals surface area contributed by atoms with Crippen LogP contribution >= 0.6 is 0 Å². The van der Waals surface area contributed by atoms with Gasteiger partial charge in [0, 0.05) is 5.41 Å². The quantitative estimate of drug-likeness (QED) is 0.112. The molecule has 0 aromatic heterocycles. The molecule has 7 nitrogen and oxygen atoms in total. The Bertz CT molecular complexity index is 1290. The number of fused-ring (bicyclic) bond motifs is 7. The molecule has 1 amide bonds. The predicted octanol–water partition coefficient (Wildman–Crippen LogP) is 8.60. The van der Waals surface area contributed by atoms with Gasteiger partial charge >= 0.3 is 11.9 Å². The van der Waals surface area contributed by atoms with Gasteiger partial charge in [-0.1, -0.05) is 73.3 Å². The fourth-order valence-electron chi connectivity index (χ4n) is 13.1. The van der Waals surface area contributed by atoms with E-state index in [1.807, 2.05) is 13.8 Å². The van der Waals surface area contributed by atoms with Crippen molar-refractivity contribution in [1.82, 2.24) is 5.48 Å². The van der Waals surface area contributed by atoms with E-state index in [0.717, 1.165) is 64.2 Å². The van der Waals surface area contributed by atoms with E-state index >= 15 is 0 Å². The summed E-state index contributed by atoms with van der Waals surface area (Å²) in [4.78, 5) is 39.0. The lowest BCUT2D eigenvalue weighted by Gasteiger charge is -2.72. The number of nitrogens with one attached hydrogen (secondary N) is 1. The summed E-state index contributed by atoms with van der Waals surface area (Å²) < 4.78 is 11.5. The summed E-state index contributed by atoms with van der Waals surface area (Å²) in [6.45, 7) is 26.4. The summed E-state index contributed by atoms with van der Waals surface area (Å²) in [6.07, 6.45) is 11.7. The predicted molar refractivity (Wildman–Crippen MR) is 183 cm³/mol. The Kier molecular flexibility index (Phi) is 9.47. The van der Waals surface area contributed by atoms with Gasteiger partial charge in [0.25, 0.3) is 0 Å². The van der Waals surface area contributed by atoms with Crippen LogP contribution in [0.2, 0.25) is 0 Å². The van der Waals surface area contributed by atoms with Crippen LogP contribution in [0.15, 0.2) is 24.8 Å². The van der Waals surface area contributed by atoms with Crippen LogP contribution in [0.3, 0.4) is 0 Å². The van der Waals surface area contributed by atoms with Crippen LogP contribution in [-0.2, 0) is 23.9 Å². The maximum atomic E-state index is 13.4.